The number of rotatable bonds is 6. The standard InChI is InChI=1S/C18H18ClN5O2S/c1-4-5-16-23-24-18(27-16)22-17(25)13-8-20-10(2)6-11(13)12-7-15(19)21-9-14(12)26-3/h6-9H,4-5H2,1-3H3,(H,22,24,25). The van der Waals surface area contributed by atoms with Crippen molar-refractivity contribution in [3.05, 3.63) is 45.9 Å². The lowest BCUT2D eigenvalue weighted by Gasteiger charge is -2.13. The number of halogens is 1. The van der Waals surface area contributed by atoms with Crippen molar-refractivity contribution in [2.75, 3.05) is 12.4 Å². The Bertz CT molecular complexity index is 976. The van der Waals surface area contributed by atoms with Gasteiger partial charge in [-0.3, -0.25) is 15.1 Å². The zero-order valence-electron chi connectivity index (χ0n) is 15.1. The lowest BCUT2D eigenvalue weighted by Crippen LogP contribution is -2.14. The van der Waals surface area contributed by atoms with Crippen LogP contribution < -0.4 is 10.1 Å². The first-order valence-electron chi connectivity index (χ1n) is 8.32. The molecule has 3 heterocycles. The summed E-state index contributed by atoms with van der Waals surface area (Å²) in [5, 5.41) is 12.5. The molecule has 0 spiro atoms. The van der Waals surface area contributed by atoms with E-state index in [1.807, 2.05) is 13.0 Å². The van der Waals surface area contributed by atoms with Crippen LogP contribution >= 0.6 is 22.9 Å². The van der Waals surface area contributed by atoms with Gasteiger partial charge in [-0.15, -0.1) is 10.2 Å². The number of ether oxygens (including phenoxy) is 1. The SMILES string of the molecule is CCCc1nnc(NC(=O)c2cnc(C)cc2-c2cc(Cl)ncc2OC)s1. The number of methoxy groups -OCH3 is 1. The van der Waals surface area contributed by atoms with Crippen LogP contribution in [-0.4, -0.2) is 33.2 Å². The van der Waals surface area contributed by atoms with E-state index in [4.69, 9.17) is 16.3 Å². The number of nitrogens with zero attached hydrogens (tertiary/aromatic N) is 4. The summed E-state index contributed by atoms with van der Waals surface area (Å²) in [5.74, 6) is 0.187. The summed E-state index contributed by atoms with van der Waals surface area (Å²) in [4.78, 5) is 21.2. The molecular weight excluding hydrogens is 386 g/mol. The fraction of sp³-hybridized carbons (Fsp3) is 0.278. The highest BCUT2D eigenvalue weighted by Gasteiger charge is 2.19. The maximum Gasteiger partial charge on any atom is 0.259 e. The molecule has 7 nitrogen and oxygen atoms in total. The average molecular weight is 404 g/mol. The molecule has 0 atom stereocenters. The Hall–Kier alpha value is -2.58. The van der Waals surface area contributed by atoms with Crippen molar-refractivity contribution in [3.63, 3.8) is 0 Å². The van der Waals surface area contributed by atoms with Crippen LogP contribution in [0.3, 0.4) is 0 Å². The van der Waals surface area contributed by atoms with Crippen molar-refractivity contribution in [1.82, 2.24) is 20.2 Å². The van der Waals surface area contributed by atoms with E-state index in [1.165, 1.54) is 23.7 Å². The van der Waals surface area contributed by atoms with Crippen LogP contribution in [0.2, 0.25) is 5.15 Å². The van der Waals surface area contributed by atoms with Gasteiger partial charge in [0.2, 0.25) is 5.13 Å². The topological polar surface area (TPSA) is 89.9 Å². The predicted octanol–water partition coefficient (Wildman–Crippen LogP) is 4.17. The summed E-state index contributed by atoms with van der Waals surface area (Å²) in [6.07, 6.45) is 4.85. The second-order valence-electron chi connectivity index (χ2n) is 5.78. The van der Waals surface area contributed by atoms with Gasteiger partial charge < -0.3 is 4.74 Å². The molecule has 0 aliphatic heterocycles. The Morgan fingerprint density at radius 3 is 2.78 bits per heavy atom. The number of hydrogen-bond acceptors (Lipinski definition) is 7. The maximum atomic E-state index is 12.9. The molecule has 140 valence electrons. The molecule has 9 heteroatoms. The van der Waals surface area contributed by atoms with Crippen LogP contribution in [0, 0.1) is 6.92 Å². The third-order valence-corrected chi connectivity index (χ3v) is 4.89. The lowest BCUT2D eigenvalue weighted by molar-refractivity contribution is 0.102. The monoisotopic (exact) mass is 403 g/mol. The molecule has 0 radical (unpaired) electrons. The molecule has 0 unspecified atom stereocenters. The van der Waals surface area contributed by atoms with Gasteiger partial charge >= 0.3 is 0 Å². The van der Waals surface area contributed by atoms with E-state index >= 15 is 0 Å². The quantitative estimate of drug-likeness (QED) is 0.621. The summed E-state index contributed by atoms with van der Waals surface area (Å²) in [5.41, 5.74) is 2.46. The first-order chi connectivity index (χ1) is 13.0. The minimum Gasteiger partial charge on any atom is -0.494 e. The number of aryl methyl sites for hydroxylation is 2. The maximum absolute atomic E-state index is 12.9. The largest absolute Gasteiger partial charge is 0.494 e. The van der Waals surface area contributed by atoms with E-state index in [1.54, 1.807) is 13.2 Å². The molecular formula is C18H18ClN5O2S. The number of anilines is 1. The van der Waals surface area contributed by atoms with Gasteiger partial charge in [-0.1, -0.05) is 29.9 Å². The van der Waals surface area contributed by atoms with E-state index in [0.29, 0.717) is 32.7 Å². The van der Waals surface area contributed by atoms with Crippen LogP contribution in [0.25, 0.3) is 11.1 Å². The predicted molar refractivity (Wildman–Crippen MR) is 106 cm³/mol. The van der Waals surface area contributed by atoms with Crippen LogP contribution in [0.4, 0.5) is 5.13 Å². The fourth-order valence-electron chi connectivity index (χ4n) is 2.54. The second-order valence-corrected chi connectivity index (χ2v) is 7.23. The van der Waals surface area contributed by atoms with Crippen LogP contribution in [-0.2, 0) is 6.42 Å². The zero-order chi connectivity index (χ0) is 19.4. The van der Waals surface area contributed by atoms with E-state index in [2.05, 4.69) is 32.4 Å². The molecule has 3 rings (SSSR count). The number of amides is 1. The highest BCUT2D eigenvalue weighted by Crippen LogP contribution is 2.34. The first kappa shape index (κ1) is 19.2. The number of aromatic nitrogens is 4. The van der Waals surface area contributed by atoms with Gasteiger partial charge in [-0.2, -0.15) is 0 Å². The Kier molecular flexibility index (Phi) is 5.98. The molecule has 1 amide bonds. The molecule has 0 aliphatic rings. The smallest absolute Gasteiger partial charge is 0.259 e. The highest BCUT2D eigenvalue weighted by atomic mass is 35.5. The molecule has 1 N–H and O–H groups in total. The summed E-state index contributed by atoms with van der Waals surface area (Å²) in [6.45, 7) is 3.92. The fourth-order valence-corrected chi connectivity index (χ4v) is 3.53. The third-order valence-electron chi connectivity index (χ3n) is 3.78. The van der Waals surface area contributed by atoms with Crippen LogP contribution in [0.15, 0.2) is 24.5 Å². The number of pyridine rings is 2. The van der Waals surface area contributed by atoms with Gasteiger partial charge in [0.05, 0.1) is 18.9 Å². The molecule has 0 aromatic carbocycles. The van der Waals surface area contributed by atoms with Gasteiger partial charge in [-0.25, -0.2) is 4.98 Å². The molecule has 27 heavy (non-hydrogen) atoms. The van der Waals surface area contributed by atoms with Crippen molar-refractivity contribution < 1.29 is 9.53 Å². The molecule has 0 saturated carbocycles. The average Bonchev–Trinajstić information content (AvgIpc) is 3.08. The lowest BCUT2D eigenvalue weighted by atomic mass is 10.0. The summed E-state index contributed by atoms with van der Waals surface area (Å²) < 4.78 is 5.38. The first-order valence-corrected chi connectivity index (χ1v) is 9.51. The molecule has 3 aromatic rings. The Morgan fingerprint density at radius 2 is 2.04 bits per heavy atom. The van der Waals surface area contributed by atoms with Gasteiger partial charge in [-0.05, 0) is 25.5 Å². The van der Waals surface area contributed by atoms with Crippen molar-refractivity contribution in [3.8, 4) is 16.9 Å². The van der Waals surface area contributed by atoms with Gasteiger partial charge in [0.25, 0.3) is 5.91 Å². The summed E-state index contributed by atoms with van der Waals surface area (Å²) in [7, 11) is 1.54. The normalized spacial score (nSPS) is 10.7. The van der Waals surface area contributed by atoms with Crippen molar-refractivity contribution in [2.24, 2.45) is 0 Å². The number of nitrogens with one attached hydrogen (secondary N) is 1. The molecule has 3 aromatic heterocycles. The Labute approximate surface area is 165 Å². The summed E-state index contributed by atoms with van der Waals surface area (Å²) in [6, 6.07) is 3.47. The molecule has 0 bridgehead atoms. The van der Waals surface area contributed by atoms with E-state index in [-0.39, 0.29) is 5.91 Å². The highest BCUT2D eigenvalue weighted by molar-refractivity contribution is 7.15. The number of carbonyl (C=O) groups is 1. The Morgan fingerprint density at radius 1 is 1.22 bits per heavy atom. The van der Waals surface area contributed by atoms with Gasteiger partial charge in [0.1, 0.15) is 15.9 Å². The third kappa shape index (κ3) is 4.40. The second kappa shape index (κ2) is 8.41. The summed E-state index contributed by atoms with van der Waals surface area (Å²) >= 11 is 7.42. The van der Waals surface area contributed by atoms with E-state index in [9.17, 15) is 4.79 Å². The molecule has 0 fully saturated rings. The van der Waals surface area contributed by atoms with E-state index in [0.717, 1.165) is 23.5 Å². The number of carbonyl (C=O) groups excluding carboxylic acids is 1. The van der Waals surface area contributed by atoms with Crippen molar-refractivity contribution >= 4 is 34.0 Å². The van der Waals surface area contributed by atoms with Crippen molar-refractivity contribution in [2.45, 2.75) is 26.7 Å². The van der Waals surface area contributed by atoms with Gasteiger partial charge in [0, 0.05) is 29.4 Å². The Balaban J connectivity index is 1.99. The van der Waals surface area contributed by atoms with Gasteiger partial charge in [0.15, 0.2) is 0 Å². The number of hydrogen-bond donors (Lipinski definition) is 1. The minimum absolute atomic E-state index is 0.306. The minimum atomic E-state index is -0.327. The van der Waals surface area contributed by atoms with E-state index < -0.39 is 0 Å². The van der Waals surface area contributed by atoms with Crippen LogP contribution in [0.1, 0.15) is 34.4 Å². The zero-order valence-corrected chi connectivity index (χ0v) is 16.7. The molecule has 0 aliphatic carbocycles. The van der Waals surface area contributed by atoms with Crippen molar-refractivity contribution in [1.29, 1.82) is 0 Å². The molecule has 0 saturated heterocycles. The van der Waals surface area contributed by atoms with Crippen LogP contribution in [0.5, 0.6) is 5.75 Å².